The molecule has 0 aliphatic heterocycles. The van der Waals surface area contributed by atoms with Crippen molar-refractivity contribution >= 4 is 22.6 Å². The van der Waals surface area contributed by atoms with Crippen LogP contribution in [0.1, 0.15) is 52.0 Å². The number of fused-ring (bicyclic) bond motifs is 1. The summed E-state index contributed by atoms with van der Waals surface area (Å²) >= 11 is 0. The Balaban J connectivity index is 2.44. The molecular weight excluding hydrogens is 354 g/mol. The summed E-state index contributed by atoms with van der Waals surface area (Å²) in [5.41, 5.74) is 1.16. The van der Waals surface area contributed by atoms with Crippen LogP contribution in [0.4, 0.5) is 0 Å². The number of methoxy groups -OCH3 is 1. The van der Waals surface area contributed by atoms with Gasteiger partial charge in [-0.2, -0.15) is 5.10 Å². The van der Waals surface area contributed by atoms with Gasteiger partial charge < -0.3 is 9.64 Å². The molecule has 0 aliphatic rings. The fraction of sp³-hybridized carbons (Fsp3) is 0.591. The lowest BCUT2D eigenvalue weighted by molar-refractivity contribution is -0.133. The number of hydrogen-bond acceptors (Lipinski definition) is 4. The molecule has 2 aromatic rings. The van der Waals surface area contributed by atoms with Crippen molar-refractivity contribution in [1.29, 1.82) is 0 Å². The average molecular weight is 388 g/mol. The summed E-state index contributed by atoms with van der Waals surface area (Å²) < 4.78 is 6.97. The summed E-state index contributed by atoms with van der Waals surface area (Å²) in [4.78, 5) is 27.6. The highest BCUT2D eigenvalue weighted by atomic mass is 16.5. The molecule has 2 rings (SSSR count). The fourth-order valence-corrected chi connectivity index (χ4v) is 3.24. The highest BCUT2D eigenvalue weighted by Gasteiger charge is 2.23. The quantitative estimate of drug-likeness (QED) is 0.610. The van der Waals surface area contributed by atoms with Gasteiger partial charge in [-0.25, -0.2) is 0 Å². The highest BCUT2D eigenvalue weighted by Crippen LogP contribution is 2.26. The fourth-order valence-electron chi connectivity index (χ4n) is 3.24. The first-order valence-electron chi connectivity index (χ1n) is 10.0. The Morgan fingerprint density at radius 2 is 1.68 bits per heavy atom. The SMILES string of the molecule is COc1ccc2c(C(=O)C(C)C)nn(CC(=O)N(CC(C)C)CC(C)C)c2c1. The van der Waals surface area contributed by atoms with Crippen LogP contribution in [-0.4, -0.2) is 46.6 Å². The minimum atomic E-state index is -0.164. The van der Waals surface area contributed by atoms with Crippen LogP contribution in [0.2, 0.25) is 0 Å². The van der Waals surface area contributed by atoms with Crippen molar-refractivity contribution in [2.75, 3.05) is 20.2 Å². The van der Waals surface area contributed by atoms with Crippen molar-refractivity contribution in [2.45, 2.75) is 48.1 Å². The number of nitrogens with zero attached hydrogens (tertiary/aromatic N) is 3. The molecule has 0 aliphatic carbocycles. The van der Waals surface area contributed by atoms with E-state index in [0.717, 1.165) is 10.9 Å². The van der Waals surface area contributed by atoms with Gasteiger partial charge in [0.2, 0.25) is 5.91 Å². The molecule has 0 saturated heterocycles. The van der Waals surface area contributed by atoms with Gasteiger partial charge in [0.25, 0.3) is 0 Å². The number of ether oxygens (including phenoxy) is 1. The predicted molar refractivity (Wildman–Crippen MR) is 112 cm³/mol. The molecular formula is C22H33N3O3. The summed E-state index contributed by atoms with van der Waals surface area (Å²) in [6.45, 7) is 13.7. The Morgan fingerprint density at radius 3 is 2.18 bits per heavy atom. The Bertz CT molecular complexity index is 827. The molecule has 6 nitrogen and oxygen atoms in total. The van der Waals surface area contributed by atoms with E-state index >= 15 is 0 Å². The number of Topliss-reactive ketones (excluding diaryl/α,β-unsaturated/α-hetero) is 1. The maximum Gasteiger partial charge on any atom is 0.244 e. The van der Waals surface area contributed by atoms with Crippen LogP contribution < -0.4 is 4.74 Å². The summed E-state index contributed by atoms with van der Waals surface area (Å²) in [6.07, 6.45) is 0. The molecule has 0 N–H and O–H groups in total. The minimum Gasteiger partial charge on any atom is -0.497 e. The van der Waals surface area contributed by atoms with Gasteiger partial charge in [-0.15, -0.1) is 0 Å². The molecule has 0 bridgehead atoms. The van der Waals surface area contributed by atoms with Gasteiger partial charge in [-0.3, -0.25) is 14.3 Å². The van der Waals surface area contributed by atoms with Gasteiger partial charge in [-0.05, 0) is 24.0 Å². The zero-order valence-electron chi connectivity index (χ0n) is 18.2. The maximum atomic E-state index is 13.0. The molecule has 0 saturated carbocycles. The smallest absolute Gasteiger partial charge is 0.244 e. The molecule has 0 radical (unpaired) electrons. The van der Waals surface area contributed by atoms with Gasteiger partial charge in [0.15, 0.2) is 5.78 Å². The standard InChI is InChI=1S/C22H33N3O3/c1-14(2)11-24(12-15(3)4)20(26)13-25-19-10-17(28-7)8-9-18(19)21(23-25)22(27)16(5)6/h8-10,14-16H,11-13H2,1-7H3. The summed E-state index contributed by atoms with van der Waals surface area (Å²) in [5.74, 6) is 1.26. The molecule has 1 heterocycles. The Labute approximate surface area is 167 Å². The van der Waals surface area contributed by atoms with E-state index in [4.69, 9.17) is 4.74 Å². The zero-order chi connectivity index (χ0) is 21.0. The number of aromatic nitrogens is 2. The van der Waals surface area contributed by atoms with Crippen molar-refractivity contribution < 1.29 is 14.3 Å². The Morgan fingerprint density at radius 1 is 1.07 bits per heavy atom. The van der Waals surface area contributed by atoms with E-state index in [1.54, 1.807) is 11.8 Å². The summed E-state index contributed by atoms with van der Waals surface area (Å²) in [5, 5.41) is 5.29. The molecule has 1 amide bonds. The van der Waals surface area contributed by atoms with Crippen LogP contribution in [0.3, 0.4) is 0 Å². The van der Waals surface area contributed by atoms with Crippen LogP contribution in [0.25, 0.3) is 10.9 Å². The van der Waals surface area contributed by atoms with Crippen LogP contribution in [-0.2, 0) is 11.3 Å². The largest absolute Gasteiger partial charge is 0.497 e. The Hall–Kier alpha value is -2.37. The van der Waals surface area contributed by atoms with Crippen LogP contribution >= 0.6 is 0 Å². The summed E-state index contributed by atoms with van der Waals surface area (Å²) in [6, 6.07) is 5.50. The van der Waals surface area contributed by atoms with Crippen molar-refractivity contribution in [3.8, 4) is 5.75 Å². The second-order valence-electron chi connectivity index (χ2n) is 8.49. The number of carbonyl (C=O) groups excluding carboxylic acids is 2. The van der Waals surface area contributed by atoms with E-state index in [1.165, 1.54) is 0 Å². The van der Waals surface area contributed by atoms with Gasteiger partial charge >= 0.3 is 0 Å². The minimum absolute atomic E-state index is 0.0122. The predicted octanol–water partition coefficient (Wildman–Crippen LogP) is 4.02. The lowest BCUT2D eigenvalue weighted by Crippen LogP contribution is -2.39. The number of amides is 1. The number of hydrogen-bond donors (Lipinski definition) is 0. The molecule has 6 heteroatoms. The first-order valence-corrected chi connectivity index (χ1v) is 10.0. The van der Waals surface area contributed by atoms with Crippen molar-refractivity contribution in [2.24, 2.45) is 17.8 Å². The van der Waals surface area contributed by atoms with Crippen LogP contribution in [0.5, 0.6) is 5.75 Å². The molecule has 1 aromatic heterocycles. The van der Waals surface area contributed by atoms with E-state index < -0.39 is 0 Å². The second-order valence-corrected chi connectivity index (χ2v) is 8.49. The molecule has 0 atom stereocenters. The van der Waals surface area contributed by atoms with Gasteiger partial charge in [0.1, 0.15) is 18.0 Å². The molecule has 0 unspecified atom stereocenters. The third-order valence-corrected chi connectivity index (χ3v) is 4.53. The summed E-state index contributed by atoms with van der Waals surface area (Å²) in [7, 11) is 1.60. The average Bonchev–Trinajstić information content (AvgIpc) is 2.97. The van der Waals surface area contributed by atoms with E-state index in [1.807, 2.05) is 36.9 Å². The lowest BCUT2D eigenvalue weighted by atomic mass is 10.0. The maximum absolute atomic E-state index is 13.0. The molecule has 28 heavy (non-hydrogen) atoms. The topological polar surface area (TPSA) is 64.4 Å². The monoisotopic (exact) mass is 387 g/mol. The van der Waals surface area contributed by atoms with Gasteiger partial charge in [-0.1, -0.05) is 41.5 Å². The third kappa shape index (κ3) is 5.12. The first kappa shape index (κ1) is 21.9. The normalized spacial score (nSPS) is 11.6. The first-order chi connectivity index (χ1) is 13.1. The van der Waals surface area contributed by atoms with E-state index in [2.05, 4.69) is 32.8 Å². The van der Waals surface area contributed by atoms with E-state index in [9.17, 15) is 9.59 Å². The molecule has 0 fully saturated rings. The van der Waals surface area contributed by atoms with Gasteiger partial charge in [0.05, 0.1) is 12.6 Å². The number of benzene rings is 1. The second kappa shape index (κ2) is 9.22. The zero-order valence-corrected chi connectivity index (χ0v) is 18.2. The number of carbonyl (C=O) groups is 2. The Kier molecular flexibility index (Phi) is 7.22. The van der Waals surface area contributed by atoms with Crippen molar-refractivity contribution in [1.82, 2.24) is 14.7 Å². The van der Waals surface area contributed by atoms with E-state index in [0.29, 0.717) is 36.4 Å². The van der Waals surface area contributed by atoms with Crippen molar-refractivity contribution in [3.63, 3.8) is 0 Å². The van der Waals surface area contributed by atoms with Crippen LogP contribution in [0, 0.1) is 17.8 Å². The molecule has 154 valence electrons. The lowest BCUT2D eigenvalue weighted by Gasteiger charge is -2.26. The molecule has 0 spiro atoms. The van der Waals surface area contributed by atoms with Gasteiger partial charge in [0, 0.05) is 30.5 Å². The van der Waals surface area contributed by atoms with E-state index in [-0.39, 0.29) is 24.2 Å². The number of ketones is 1. The third-order valence-electron chi connectivity index (χ3n) is 4.53. The highest BCUT2D eigenvalue weighted by molar-refractivity contribution is 6.07. The molecule has 1 aromatic carbocycles. The van der Waals surface area contributed by atoms with Crippen LogP contribution in [0.15, 0.2) is 18.2 Å². The number of rotatable bonds is 9. The van der Waals surface area contributed by atoms with Crippen molar-refractivity contribution in [3.05, 3.63) is 23.9 Å².